The number of esters is 1. The van der Waals surface area contributed by atoms with Gasteiger partial charge in [-0.2, -0.15) is 0 Å². The smallest absolute Gasteiger partial charge is 0.309 e. The van der Waals surface area contributed by atoms with Crippen LogP contribution in [0.5, 0.6) is 5.75 Å². The highest BCUT2D eigenvalue weighted by atomic mass is 16.5. The van der Waals surface area contributed by atoms with Gasteiger partial charge >= 0.3 is 5.97 Å². The van der Waals surface area contributed by atoms with Gasteiger partial charge in [0.2, 0.25) is 0 Å². The average Bonchev–Trinajstić information content (AvgIpc) is 2.23. The lowest BCUT2D eigenvalue weighted by Gasteiger charge is -2.02. The Bertz CT molecular complexity index is 374. The Morgan fingerprint density at radius 1 is 1.50 bits per heavy atom. The van der Waals surface area contributed by atoms with Crippen LogP contribution in [-0.2, 0) is 9.53 Å². The Hall–Kier alpha value is -1.77. The molecular weight excluding hydrogens is 204 g/mol. The summed E-state index contributed by atoms with van der Waals surface area (Å²) in [4.78, 5) is 11.1. The number of ether oxygens (including phenoxy) is 1. The normalized spacial score (nSPS) is 10.6. The molecule has 0 spiro atoms. The molecule has 0 saturated heterocycles. The molecule has 0 aliphatic carbocycles. The number of benzene rings is 1. The molecule has 0 aliphatic heterocycles. The number of phenols is 1. The van der Waals surface area contributed by atoms with Crippen molar-refractivity contribution in [1.82, 2.24) is 0 Å². The van der Waals surface area contributed by atoms with Crippen LogP contribution in [0.2, 0.25) is 0 Å². The van der Waals surface area contributed by atoms with Crippen LogP contribution >= 0.6 is 0 Å². The third-order valence-corrected chi connectivity index (χ3v) is 2.18. The second kappa shape index (κ2) is 5.95. The fourth-order valence-corrected chi connectivity index (χ4v) is 1.37. The first-order chi connectivity index (χ1) is 7.65. The first-order valence-corrected chi connectivity index (χ1v) is 5.26. The minimum absolute atomic E-state index is 0.222. The second-order valence-electron chi connectivity index (χ2n) is 3.42. The summed E-state index contributed by atoms with van der Waals surface area (Å²) in [7, 11) is 0. The van der Waals surface area contributed by atoms with Crippen molar-refractivity contribution in [3.63, 3.8) is 0 Å². The van der Waals surface area contributed by atoms with Crippen LogP contribution in [0.1, 0.15) is 24.5 Å². The standard InChI is InChI=1S/C13H16O3/c1-3-16-13(15)9-5-7-11-10(2)6-4-8-12(11)14/h4-8,14H,3,9H2,1-2H3. The molecule has 3 nitrogen and oxygen atoms in total. The summed E-state index contributed by atoms with van der Waals surface area (Å²) in [6.45, 7) is 4.07. The average molecular weight is 220 g/mol. The zero-order valence-electron chi connectivity index (χ0n) is 9.56. The van der Waals surface area contributed by atoms with Gasteiger partial charge in [0.15, 0.2) is 0 Å². The van der Waals surface area contributed by atoms with Crippen LogP contribution in [0, 0.1) is 6.92 Å². The Morgan fingerprint density at radius 2 is 2.25 bits per heavy atom. The maximum Gasteiger partial charge on any atom is 0.309 e. The van der Waals surface area contributed by atoms with Gasteiger partial charge in [-0.15, -0.1) is 0 Å². The lowest BCUT2D eigenvalue weighted by atomic mass is 10.1. The van der Waals surface area contributed by atoms with Gasteiger partial charge in [0, 0.05) is 5.56 Å². The maximum atomic E-state index is 11.1. The molecule has 86 valence electrons. The molecule has 1 N–H and O–H groups in total. The molecule has 1 rings (SSSR count). The van der Waals surface area contributed by atoms with Gasteiger partial charge in [0.1, 0.15) is 5.75 Å². The topological polar surface area (TPSA) is 46.5 Å². The molecule has 1 aromatic rings. The summed E-state index contributed by atoms with van der Waals surface area (Å²) in [5.41, 5.74) is 1.71. The fraction of sp³-hybridized carbons (Fsp3) is 0.308. The number of rotatable bonds is 4. The third-order valence-electron chi connectivity index (χ3n) is 2.18. The van der Waals surface area contributed by atoms with Crippen molar-refractivity contribution in [2.75, 3.05) is 6.61 Å². The molecule has 3 heteroatoms. The van der Waals surface area contributed by atoms with E-state index in [0.29, 0.717) is 6.61 Å². The molecule has 0 heterocycles. The number of carbonyl (C=O) groups is 1. The SMILES string of the molecule is CCOC(=O)CC=Cc1c(C)cccc1O. The van der Waals surface area contributed by atoms with Crippen molar-refractivity contribution in [2.45, 2.75) is 20.3 Å². The van der Waals surface area contributed by atoms with E-state index in [0.717, 1.165) is 11.1 Å². The molecule has 0 aliphatic rings. The Kier molecular flexibility index (Phi) is 4.58. The number of hydrogen-bond donors (Lipinski definition) is 1. The molecule has 0 fully saturated rings. The molecule has 0 saturated carbocycles. The van der Waals surface area contributed by atoms with Crippen molar-refractivity contribution >= 4 is 12.0 Å². The van der Waals surface area contributed by atoms with E-state index in [1.165, 1.54) is 0 Å². The van der Waals surface area contributed by atoms with Gasteiger partial charge in [-0.1, -0.05) is 24.3 Å². The van der Waals surface area contributed by atoms with Gasteiger partial charge in [-0.3, -0.25) is 4.79 Å². The summed E-state index contributed by atoms with van der Waals surface area (Å²) in [6, 6.07) is 5.31. The van der Waals surface area contributed by atoms with Crippen LogP contribution in [0.25, 0.3) is 6.08 Å². The van der Waals surface area contributed by atoms with Crippen molar-refractivity contribution in [1.29, 1.82) is 0 Å². The van der Waals surface area contributed by atoms with E-state index in [1.54, 1.807) is 31.2 Å². The maximum absolute atomic E-state index is 11.1. The van der Waals surface area contributed by atoms with E-state index >= 15 is 0 Å². The summed E-state index contributed by atoms with van der Waals surface area (Å²) in [5, 5.41) is 9.59. The van der Waals surface area contributed by atoms with Crippen LogP contribution in [0.15, 0.2) is 24.3 Å². The summed E-state index contributed by atoms with van der Waals surface area (Å²) in [6.07, 6.45) is 3.66. The summed E-state index contributed by atoms with van der Waals surface area (Å²) in [5.74, 6) is -0.0352. The molecule has 16 heavy (non-hydrogen) atoms. The largest absolute Gasteiger partial charge is 0.507 e. The van der Waals surface area contributed by atoms with Crippen LogP contribution < -0.4 is 0 Å². The number of hydrogen-bond acceptors (Lipinski definition) is 3. The summed E-state index contributed by atoms with van der Waals surface area (Å²) >= 11 is 0. The molecule has 1 aromatic carbocycles. The zero-order valence-corrected chi connectivity index (χ0v) is 9.56. The molecule has 0 atom stereocenters. The molecule has 0 amide bonds. The van der Waals surface area contributed by atoms with Gasteiger partial charge in [0.25, 0.3) is 0 Å². The lowest BCUT2D eigenvalue weighted by Crippen LogP contribution is -2.01. The van der Waals surface area contributed by atoms with Crippen LogP contribution in [0.4, 0.5) is 0 Å². The number of phenolic OH excluding ortho intramolecular Hbond substituents is 1. The van der Waals surface area contributed by atoms with Gasteiger partial charge in [-0.25, -0.2) is 0 Å². The molecular formula is C13H16O3. The highest BCUT2D eigenvalue weighted by Gasteiger charge is 2.01. The van der Waals surface area contributed by atoms with E-state index in [4.69, 9.17) is 4.74 Å². The molecule has 0 aromatic heterocycles. The summed E-state index contributed by atoms with van der Waals surface area (Å²) < 4.78 is 4.79. The molecule has 0 radical (unpaired) electrons. The van der Waals surface area contributed by atoms with E-state index in [1.807, 2.05) is 13.0 Å². The predicted molar refractivity (Wildman–Crippen MR) is 63.1 cm³/mol. The zero-order chi connectivity index (χ0) is 12.0. The van der Waals surface area contributed by atoms with E-state index < -0.39 is 0 Å². The number of carbonyl (C=O) groups excluding carboxylic acids is 1. The third kappa shape index (κ3) is 3.42. The van der Waals surface area contributed by atoms with Crippen molar-refractivity contribution < 1.29 is 14.6 Å². The Morgan fingerprint density at radius 3 is 2.88 bits per heavy atom. The van der Waals surface area contributed by atoms with Crippen LogP contribution in [-0.4, -0.2) is 17.7 Å². The Balaban J connectivity index is 2.66. The highest BCUT2D eigenvalue weighted by Crippen LogP contribution is 2.21. The minimum Gasteiger partial charge on any atom is -0.507 e. The Labute approximate surface area is 95.4 Å². The van der Waals surface area contributed by atoms with Crippen molar-refractivity contribution in [3.8, 4) is 5.75 Å². The lowest BCUT2D eigenvalue weighted by molar-refractivity contribution is -0.142. The molecule has 0 bridgehead atoms. The van der Waals surface area contributed by atoms with Crippen LogP contribution in [0.3, 0.4) is 0 Å². The molecule has 0 unspecified atom stereocenters. The van der Waals surface area contributed by atoms with E-state index in [-0.39, 0.29) is 18.1 Å². The monoisotopic (exact) mass is 220 g/mol. The van der Waals surface area contributed by atoms with Gasteiger partial charge < -0.3 is 9.84 Å². The minimum atomic E-state index is -0.258. The first-order valence-electron chi connectivity index (χ1n) is 5.26. The quantitative estimate of drug-likeness (QED) is 0.793. The van der Waals surface area contributed by atoms with E-state index in [2.05, 4.69) is 0 Å². The van der Waals surface area contributed by atoms with Gasteiger partial charge in [0.05, 0.1) is 13.0 Å². The second-order valence-corrected chi connectivity index (χ2v) is 3.42. The number of aryl methyl sites for hydroxylation is 1. The number of aromatic hydroxyl groups is 1. The van der Waals surface area contributed by atoms with Crippen molar-refractivity contribution in [3.05, 3.63) is 35.4 Å². The highest BCUT2D eigenvalue weighted by molar-refractivity contribution is 5.73. The van der Waals surface area contributed by atoms with Gasteiger partial charge in [-0.05, 0) is 25.5 Å². The van der Waals surface area contributed by atoms with Crippen molar-refractivity contribution in [2.24, 2.45) is 0 Å². The fourth-order valence-electron chi connectivity index (χ4n) is 1.37. The predicted octanol–water partition coefficient (Wildman–Crippen LogP) is 2.67. The first kappa shape index (κ1) is 12.3. The van der Waals surface area contributed by atoms with E-state index in [9.17, 15) is 9.90 Å².